The van der Waals surface area contributed by atoms with Gasteiger partial charge in [0.1, 0.15) is 0 Å². The maximum Gasteiger partial charge on any atom is 0.225 e. The summed E-state index contributed by atoms with van der Waals surface area (Å²) in [5.74, 6) is 0.663. The van der Waals surface area contributed by atoms with E-state index in [0.29, 0.717) is 11.9 Å². The van der Waals surface area contributed by atoms with E-state index in [9.17, 15) is 4.79 Å². The molecule has 1 aliphatic heterocycles. The van der Waals surface area contributed by atoms with E-state index in [1.54, 1.807) is 0 Å². The van der Waals surface area contributed by atoms with Gasteiger partial charge < -0.3 is 10.6 Å². The van der Waals surface area contributed by atoms with Gasteiger partial charge in [0.15, 0.2) is 0 Å². The first-order chi connectivity index (χ1) is 9.74. The van der Waals surface area contributed by atoms with Crippen LogP contribution in [0.2, 0.25) is 0 Å². The lowest BCUT2D eigenvalue weighted by Gasteiger charge is -2.40. The zero-order valence-corrected chi connectivity index (χ0v) is 12.6. The van der Waals surface area contributed by atoms with Gasteiger partial charge in [0.25, 0.3) is 0 Å². The Balaban J connectivity index is 1.46. The molecule has 3 fully saturated rings. The summed E-state index contributed by atoms with van der Waals surface area (Å²) in [6, 6.07) is 1.14. The van der Waals surface area contributed by atoms with E-state index in [1.807, 2.05) is 0 Å². The molecule has 0 aromatic carbocycles. The van der Waals surface area contributed by atoms with E-state index in [0.717, 1.165) is 57.9 Å². The largest absolute Gasteiger partial charge is 0.340 e. The normalized spacial score (nSPS) is 33.5. The van der Waals surface area contributed by atoms with E-state index in [1.165, 1.54) is 25.7 Å². The predicted molar refractivity (Wildman–Crippen MR) is 80.3 cm³/mol. The van der Waals surface area contributed by atoms with Crippen LogP contribution in [0.15, 0.2) is 0 Å². The zero-order valence-electron chi connectivity index (χ0n) is 12.6. The standard InChI is InChI=1S/C16H29N3O/c17-14-7-5-13(6-8-14)16(20)19-11-9-18(10-12-19)15-3-1-2-4-15/h13-15H,1-12,17H2. The van der Waals surface area contributed by atoms with Gasteiger partial charge in [-0.2, -0.15) is 0 Å². The summed E-state index contributed by atoms with van der Waals surface area (Å²) < 4.78 is 0. The van der Waals surface area contributed by atoms with Gasteiger partial charge in [0, 0.05) is 44.2 Å². The summed E-state index contributed by atoms with van der Waals surface area (Å²) in [6.45, 7) is 4.06. The van der Waals surface area contributed by atoms with Crippen molar-refractivity contribution in [3.63, 3.8) is 0 Å². The Hall–Kier alpha value is -0.610. The Kier molecular flexibility index (Phi) is 4.61. The first-order valence-electron chi connectivity index (χ1n) is 8.52. The molecule has 0 atom stereocenters. The van der Waals surface area contributed by atoms with E-state index in [2.05, 4.69) is 9.80 Å². The van der Waals surface area contributed by atoms with Crippen LogP contribution in [0, 0.1) is 5.92 Å². The van der Waals surface area contributed by atoms with Crippen LogP contribution in [-0.4, -0.2) is 54.0 Å². The van der Waals surface area contributed by atoms with Crippen LogP contribution in [0.1, 0.15) is 51.4 Å². The van der Waals surface area contributed by atoms with Crippen molar-refractivity contribution in [2.45, 2.75) is 63.5 Å². The third-order valence-electron chi connectivity index (χ3n) is 5.59. The minimum atomic E-state index is 0.257. The minimum Gasteiger partial charge on any atom is -0.340 e. The predicted octanol–water partition coefficient (Wildman–Crippen LogP) is 1.59. The van der Waals surface area contributed by atoms with Gasteiger partial charge >= 0.3 is 0 Å². The molecule has 0 unspecified atom stereocenters. The highest BCUT2D eigenvalue weighted by Crippen LogP contribution is 2.27. The molecule has 4 heteroatoms. The fourth-order valence-corrected chi connectivity index (χ4v) is 4.20. The van der Waals surface area contributed by atoms with Crippen molar-refractivity contribution in [2.24, 2.45) is 11.7 Å². The Morgan fingerprint density at radius 2 is 1.45 bits per heavy atom. The fraction of sp³-hybridized carbons (Fsp3) is 0.938. The first-order valence-corrected chi connectivity index (χ1v) is 8.52. The van der Waals surface area contributed by atoms with E-state index >= 15 is 0 Å². The molecule has 3 rings (SSSR count). The molecule has 1 amide bonds. The quantitative estimate of drug-likeness (QED) is 0.835. The number of amides is 1. The zero-order chi connectivity index (χ0) is 13.9. The molecule has 0 spiro atoms. The van der Waals surface area contributed by atoms with Gasteiger partial charge in [-0.05, 0) is 38.5 Å². The molecule has 0 aromatic rings. The van der Waals surface area contributed by atoms with Crippen LogP contribution in [0.25, 0.3) is 0 Å². The lowest BCUT2D eigenvalue weighted by molar-refractivity contribution is -0.138. The van der Waals surface area contributed by atoms with Crippen LogP contribution in [0.5, 0.6) is 0 Å². The first kappa shape index (κ1) is 14.3. The maximum atomic E-state index is 12.6. The highest BCUT2D eigenvalue weighted by atomic mass is 16.2. The average Bonchev–Trinajstić information content (AvgIpc) is 3.02. The van der Waals surface area contributed by atoms with Crippen LogP contribution < -0.4 is 5.73 Å². The summed E-state index contributed by atoms with van der Waals surface area (Å²) in [5.41, 5.74) is 5.93. The molecule has 1 heterocycles. The van der Waals surface area contributed by atoms with Gasteiger partial charge in [0.05, 0.1) is 0 Å². The highest BCUT2D eigenvalue weighted by molar-refractivity contribution is 5.79. The number of rotatable bonds is 2. The molecule has 2 saturated carbocycles. The molecule has 2 aliphatic carbocycles. The van der Waals surface area contributed by atoms with Crippen molar-refractivity contribution in [1.82, 2.24) is 9.80 Å². The second-order valence-corrected chi connectivity index (χ2v) is 6.91. The molecular weight excluding hydrogens is 250 g/mol. The Labute approximate surface area is 122 Å². The Morgan fingerprint density at radius 3 is 2.05 bits per heavy atom. The number of carbonyl (C=O) groups is 1. The number of hydrogen-bond acceptors (Lipinski definition) is 3. The van der Waals surface area contributed by atoms with Crippen molar-refractivity contribution < 1.29 is 4.79 Å². The van der Waals surface area contributed by atoms with Gasteiger partial charge in [0.2, 0.25) is 5.91 Å². The fourth-order valence-electron chi connectivity index (χ4n) is 4.20. The van der Waals surface area contributed by atoms with Crippen LogP contribution in [0.3, 0.4) is 0 Å². The van der Waals surface area contributed by atoms with Crippen LogP contribution >= 0.6 is 0 Å². The van der Waals surface area contributed by atoms with Gasteiger partial charge in [-0.1, -0.05) is 12.8 Å². The second-order valence-electron chi connectivity index (χ2n) is 6.91. The summed E-state index contributed by atoms with van der Waals surface area (Å²) in [7, 11) is 0. The molecule has 3 aliphatic rings. The maximum absolute atomic E-state index is 12.6. The minimum absolute atomic E-state index is 0.257. The number of nitrogens with two attached hydrogens (primary N) is 1. The van der Waals surface area contributed by atoms with Crippen LogP contribution in [0.4, 0.5) is 0 Å². The lowest BCUT2D eigenvalue weighted by Crippen LogP contribution is -2.53. The smallest absolute Gasteiger partial charge is 0.225 e. The summed E-state index contributed by atoms with van der Waals surface area (Å²) >= 11 is 0. The SMILES string of the molecule is NC1CCC(C(=O)N2CCN(C3CCCC3)CC2)CC1. The van der Waals surface area contributed by atoms with E-state index in [-0.39, 0.29) is 5.92 Å². The molecule has 0 radical (unpaired) electrons. The van der Waals surface area contributed by atoms with Crippen molar-refractivity contribution in [2.75, 3.05) is 26.2 Å². The van der Waals surface area contributed by atoms with Gasteiger partial charge in [-0.25, -0.2) is 0 Å². The molecule has 0 aromatic heterocycles. The lowest BCUT2D eigenvalue weighted by atomic mass is 9.85. The summed E-state index contributed by atoms with van der Waals surface area (Å²) in [4.78, 5) is 17.3. The monoisotopic (exact) mass is 279 g/mol. The summed E-state index contributed by atoms with van der Waals surface area (Å²) in [5, 5.41) is 0. The number of hydrogen-bond donors (Lipinski definition) is 1. The molecule has 114 valence electrons. The van der Waals surface area contributed by atoms with Crippen molar-refractivity contribution in [3.8, 4) is 0 Å². The number of piperazine rings is 1. The topological polar surface area (TPSA) is 49.6 Å². The highest BCUT2D eigenvalue weighted by Gasteiger charge is 2.32. The molecule has 2 N–H and O–H groups in total. The molecule has 4 nitrogen and oxygen atoms in total. The molecular formula is C16H29N3O. The average molecular weight is 279 g/mol. The second kappa shape index (κ2) is 6.44. The third-order valence-corrected chi connectivity index (χ3v) is 5.59. The van der Waals surface area contributed by atoms with E-state index < -0.39 is 0 Å². The van der Waals surface area contributed by atoms with E-state index in [4.69, 9.17) is 5.73 Å². The van der Waals surface area contributed by atoms with Gasteiger partial charge in [-0.3, -0.25) is 9.69 Å². The number of carbonyl (C=O) groups excluding carboxylic acids is 1. The molecule has 20 heavy (non-hydrogen) atoms. The van der Waals surface area contributed by atoms with Crippen molar-refractivity contribution in [3.05, 3.63) is 0 Å². The van der Waals surface area contributed by atoms with Crippen molar-refractivity contribution in [1.29, 1.82) is 0 Å². The van der Waals surface area contributed by atoms with Gasteiger partial charge in [-0.15, -0.1) is 0 Å². The third kappa shape index (κ3) is 3.17. The molecule has 0 bridgehead atoms. The van der Waals surface area contributed by atoms with Crippen LogP contribution in [-0.2, 0) is 4.79 Å². The van der Waals surface area contributed by atoms with Crippen molar-refractivity contribution >= 4 is 5.91 Å². The Bertz CT molecular complexity index is 325. The summed E-state index contributed by atoms with van der Waals surface area (Å²) in [6.07, 6.45) is 9.59. The molecule has 1 saturated heterocycles. The number of nitrogens with zero attached hydrogens (tertiary/aromatic N) is 2. The Morgan fingerprint density at radius 1 is 0.850 bits per heavy atom.